The van der Waals surface area contributed by atoms with Gasteiger partial charge in [0, 0.05) is 41.1 Å². The Bertz CT molecular complexity index is 2320. The third-order valence-corrected chi connectivity index (χ3v) is 13.2. The summed E-state index contributed by atoms with van der Waals surface area (Å²) in [5.41, 5.74) is 6.12. The summed E-state index contributed by atoms with van der Waals surface area (Å²) in [6.07, 6.45) is 9.53. The van der Waals surface area contributed by atoms with Crippen molar-refractivity contribution in [1.29, 1.82) is 0 Å². The molecular weight excluding hydrogens is 763 g/mol. The fourth-order valence-electron chi connectivity index (χ4n) is 10.1. The molecule has 5 heterocycles. The number of likely N-dealkylation sites (tertiary alicyclic amines) is 4. The number of piperidine rings is 2. The maximum atomic E-state index is 14.3. The van der Waals surface area contributed by atoms with Crippen molar-refractivity contribution in [1.82, 2.24) is 24.6 Å². The van der Waals surface area contributed by atoms with E-state index in [1.165, 1.54) is 12.8 Å². The smallest absolute Gasteiger partial charge is 0.247 e. The number of fused-ring (bicyclic) bond motifs is 1. The van der Waals surface area contributed by atoms with Crippen LogP contribution in [0, 0.1) is 0 Å². The number of anilines is 2. The first-order valence-electron chi connectivity index (χ1n) is 22.5. The number of aromatic nitrogens is 1. The van der Waals surface area contributed by atoms with E-state index < -0.39 is 12.1 Å². The first-order chi connectivity index (χ1) is 29.9. The highest BCUT2D eigenvalue weighted by atomic mass is 16.2. The summed E-state index contributed by atoms with van der Waals surface area (Å²) in [6.45, 7) is 4.68. The molecule has 1 aromatic heterocycles. The maximum absolute atomic E-state index is 14.3. The Morgan fingerprint density at radius 2 is 0.984 bits per heavy atom. The summed E-state index contributed by atoms with van der Waals surface area (Å²) < 4.78 is 0. The first-order valence-corrected chi connectivity index (χ1v) is 22.5. The van der Waals surface area contributed by atoms with Gasteiger partial charge in [0.2, 0.25) is 23.6 Å². The standard InChI is InChI=1S/C50H57N7O4/c58-47(43-19-13-31-56(43)49(60)45(36-15-5-1-6-16-36)54-27-9-3-10-28-54)51-39-23-21-35(22-24-39)42-34-38-33-40(25-26-41(38)53-42)52-48(59)44-20-14-32-57(44)50(61)46(37-17-7-2-8-18-37)55-29-11-4-12-30-55/h1-2,5-8,15-18,21-26,33-34,43-46,53H,3-4,9-14,19-20,27-32H2,(H,51,58)(H,52,59)/t43-,44-,45?,46?/m0/s1. The molecule has 9 rings (SSSR count). The number of hydrogen-bond donors (Lipinski definition) is 3. The van der Waals surface area contributed by atoms with E-state index in [0.29, 0.717) is 37.3 Å². The highest BCUT2D eigenvalue weighted by molar-refractivity contribution is 6.01. The Morgan fingerprint density at radius 1 is 0.508 bits per heavy atom. The van der Waals surface area contributed by atoms with Gasteiger partial charge in [0.25, 0.3) is 0 Å². The van der Waals surface area contributed by atoms with Gasteiger partial charge in [-0.2, -0.15) is 0 Å². The van der Waals surface area contributed by atoms with E-state index in [1.54, 1.807) is 4.90 Å². The minimum Gasteiger partial charge on any atom is -0.355 e. The zero-order chi connectivity index (χ0) is 41.7. The average molecular weight is 820 g/mol. The van der Waals surface area contributed by atoms with E-state index in [-0.39, 0.29) is 35.7 Å². The van der Waals surface area contributed by atoms with Gasteiger partial charge in [-0.1, -0.05) is 85.6 Å². The van der Waals surface area contributed by atoms with Crippen molar-refractivity contribution >= 4 is 45.9 Å². The topological polar surface area (TPSA) is 121 Å². The molecular formula is C50H57N7O4. The molecule has 4 aliphatic heterocycles. The quantitative estimate of drug-likeness (QED) is 0.124. The number of carbonyl (C=O) groups is 4. The van der Waals surface area contributed by atoms with Crippen LogP contribution in [0.3, 0.4) is 0 Å². The van der Waals surface area contributed by atoms with Crippen molar-refractivity contribution in [2.75, 3.05) is 49.9 Å². The predicted molar refractivity (Wildman–Crippen MR) is 240 cm³/mol. The molecule has 0 spiro atoms. The number of nitrogens with zero attached hydrogens (tertiary/aromatic N) is 4. The number of amides is 4. The summed E-state index contributed by atoms with van der Waals surface area (Å²) in [5.74, 6) is -0.296. The van der Waals surface area contributed by atoms with Crippen molar-refractivity contribution in [3.8, 4) is 11.3 Å². The van der Waals surface area contributed by atoms with Crippen LogP contribution in [-0.2, 0) is 19.2 Å². The van der Waals surface area contributed by atoms with E-state index in [4.69, 9.17) is 0 Å². The SMILES string of the molecule is O=C(Nc1ccc(-c2cc3cc(NC(=O)[C@@H]4CCCN4C(=O)C(c4ccccc4)N4CCCCC4)ccc3[nH]2)cc1)[C@@H]1CCCN1C(=O)C(c1ccccc1)N1CCCCC1. The number of benzene rings is 4. The Hall–Kier alpha value is -5.78. The largest absolute Gasteiger partial charge is 0.355 e. The lowest BCUT2D eigenvalue weighted by molar-refractivity contribution is -0.142. The number of aromatic amines is 1. The molecule has 11 heteroatoms. The molecule has 0 radical (unpaired) electrons. The molecule has 4 atom stereocenters. The second kappa shape index (κ2) is 18.5. The first kappa shape index (κ1) is 40.6. The van der Waals surface area contributed by atoms with Gasteiger partial charge in [-0.15, -0.1) is 0 Å². The van der Waals surface area contributed by atoms with Gasteiger partial charge in [0.1, 0.15) is 24.2 Å². The fraction of sp³-hybridized carbons (Fsp3) is 0.400. The average Bonchev–Trinajstić information content (AvgIpc) is 4.09. The van der Waals surface area contributed by atoms with Crippen molar-refractivity contribution in [2.45, 2.75) is 88.4 Å². The molecule has 61 heavy (non-hydrogen) atoms. The number of H-pyrrole nitrogens is 1. The lowest BCUT2D eigenvalue weighted by atomic mass is 10.00. The van der Waals surface area contributed by atoms with Crippen LogP contribution in [0.1, 0.15) is 87.4 Å². The Balaban J connectivity index is 0.842. The minimum atomic E-state index is -0.525. The molecule has 4 fully saturated rings. The summed E-state index contributed by atoms with van der Waals surface area (Å²) >= 11 is 0. The van der Waals surface area contributed by atoms with Crippen LogP contribution in [-0.4, -0.2) is 99.6 Å². The van der Waals surface area contributed by atoms with Crippen molar-refractivity contribution in [3.05, 3.63) is 120 Å². The third-order valence-electron chi connectivity index (χ3n) is 13.2. The van der Waals surface area contributed by atoms with Gasteiger partial charge in [-0.25, -0.2) is 0 Å². The number of carbonyl (C=O) groups excluding carboxylic acids is 4. The van der Waals surface area contributed by atoms with Gasteiger partial charge in [-0.05, 0) is 131 Å². The molecule has 4 amide bonds. The van der Waals surface area contributed by atoms with E-state index in [9.17, 15) is 19.2 Å². The molecule has 316 valence electrons. The second-order valence-electron chi connectivity index (χ2n) is 17.2. The Morgan fingerprint density at radius 3 is 1.49 bits per heavy atom. The van der Waals surface area contributed by atoms with Crippen molar-refractivity contribution in [3.63, 3.8) is 0 Å². The molecule has 0 bridgehead atoms. The molecule has 4 aromatic carbocycles. The Kier molecular flexibility index (Phi) is 12.3. The summed E-state index contributed by atoms with van der Waals surface area (Å²) in [7, 11) is 0. The number of hydrogen-bond acceptors (Lipinski definition) is 6. The van der Waals surface area contributed by atoms with Gasteiger partial charge in [0.05, 0.1) is 0 Å². The zero-order valence-corrected chi connectivity index (χ0v) is 34.9. The maximum Gasteiger partial charge on any atom is 0.247 e. The normalized spacial score (nSPS) is 21.0. The Labute approximate surface area is 358 Å². The van der Waals surface area contributed by atoms with Gasteiger partial charge < -0.3 is 25.4 Å². The zero-order valence-electron chi connectivity index (χ0n) is 34.9. The monoisotopic (exact) mass is 819 g/mol. The number of nitrogens with one attached hydrogen (secondary N) is 3. The molecule has 0 aliphatic carbocycles. The molecule has 0 saturated carbocycles. The molecule has 5 aromatic rings. The van der Waals surface area contributed by atoms with Crippen molar-refractivity contribution in [2.24, 2.45) is 0 Å². The van der Waals surface area contributed by atoms with Crippen molar-refractivity contribution < 1.29 is 19.2 Å². The van der Waals surface area contributed by atoms with Crippen LogP contribution in [0.2, 0.25) is 0 Å². The lowest BCUT2D eigenvalue weighted by Gasteiger charge is -2.37. The van der Waals surface area contributed by atoms with Crippen LogP contribution in [0.4, 0.5) is 11.4 Å². The number of rotatable bonds is 11. The molecule has 4 saturated heterocycles. The van der Waals surface area contributed by atoms with Crippen LogP contribution < -0.4 is 10.6 Å². The van der Waals surface area contributed by atoms with Gasteiger partial charge in [-0.3, -0.25) is 29.0 Å². The van der Waals surface area contributed by atoms with E-state index >= 15 is 0 Å². The van der Waals surface area contributed by atoms with Crippen LogP contribution in [0.25, 0.3) is 22.2 Å². The fourth-order valence-corrected chi connectivity index (χ4v) is 10.1. The summed E-state index contributed by atoms with van der Waals surface area (Å²) in [4.78, 5) is 67.8. The van der Waals surface area contributed by atoms with E-state index in [2.05, 4.69) is 31.5 Å². The molecule has 4 aliphatic rings. The van der Waals surface area contributed by atoms with Crippen LogP contribution in [0.15, 0.2) is 109 Å². The molecule has 3 N–H and O–H groups in total. The predicted octanol–water partition coefficient (Wildman–Crippen LogP) is 8.15. The highest BCUT2D eigenvalue weighted by Gasteiger charge is 2.41. The molecule has 2 unspecified atom stereocenters. The van der Waals surface area contributed by atoms with Gasteiger partial charge >= 0.3 is 0 Å². The van der Waals surface area contributed by atoms with Crippen LogP contribution >= 0.6 is 0 Å². The lowest BCUT2D eigenvalue weighted by Crippen LogP contribution is -2.49. The third kappa shape index (κ3) is 8.85. The summed E-state index contributed by atoms with van der Waals surface area (Å²) in [5, 5.41) is 7.18. The molecule has 11 nitrogen and oxygen atoms in total. The second-order valence-corrected chi connectivity index (χ2v) is 17.2. The summed E-state index contributed by atoms with van der Waals surface area (Å²) in [6, 6.07) is 33.8. The van der Waals surface area contributed by atoms with Crippen LogP contribution in [0.5, 0.6) is 0 Å². The van der Waals surface area contributed by atoms with E-state index in [0.717, 1.165) is 98.0 Å². The van der Waals surface area contributed by atoms with Gasteiger partial charge in [0.15, 0.2) is 0 Å². The minimum absolute atomic E-state index is 0.0119. The highest BCUT2D eigenvalue weighted by Crippen LogP contribution is 2.34. The van der Waals surface area contributed by atoms with E-state index in [1.807, 2.05) is 108 Å².